The van der Waals surface area contributed by atoms with Crippen molar-refractivity contribution in [3.8, 4) is 0 Å². The molecule has 1 fully saturated rings. The molecule has 0 spiro atoms. The van der Waals surface area contributed by atoms with Crippen LogP contribution in [0.1, 0.15) is 25.3 Å². The van der Waals surface area contributed by atoms with Crippen molar-refractivity contribution in [2.45, 2.75) is 26.4 Å². The van der Waals surface area contributed by atoms with E-state index in [9.17, 15) is 9.59 Å². The Morgan fingerprint density at radius 2 is 2.08 bits per heavy atom. The fourth-order valence-corrected chi connectivity index (χ4v) is 3.09. The summed E-state index contributed by atoms with van der Waals surface area (Å²) in [6, 6.07) is 9.61. The standard InChI is InChI=1S/C18H26N2O4/c1-2-20(18(23)24-14-15-7-4-3-5-8-15)12-16-9-6-10-19(11-16)13-17(21)22/h3-5,7-8,16H,2,6,9-14H2,1H3,(H,21,22)/t16-/m1/s1. The van der Waals surface area contributed by atoms with Gasteiger partial charge in [-0.1, -0.05) is 30.3 Å². The minimum absolute atomic E-state index is 0.0705. The number of hydrogen-bond donors (Lipinski definition) is 1. The molecule has 1 heterocycles. The number of nitrogens with zero attached hydrogens (tertiary/aromatic N) is 2. The molecule has 6 nitrogen and oxygen atoms in total. The van der Waals surface area contributed by atoms with E-state index in [0.29, 0.717) is 19.0 Å². The van der Waals surface area contributed by atoms with Gasteiger partial charge in [-0.05, 0) is 37.8 Å². The first-order valence-corrected chi connectivity index (χ1v) is 8.48. The molecule has 24 heavy (non-hydrogen) atoms. The highest BCUT2D eigenvalue weighted by Gasteiger charge is 2.25. The Bertz CT molecular complexity index is 535. The Hall–Kier alpha value is -2.08. The topological polar surface area (TPSA) is 70.1 Å². The van der Waals surface area contributed by atoms with Gasteiger partial charge in [-0.2, -0.15) is 0 Å². The molecule has 0 bridgehead atoms. The Kier molecular flexibility index (Phi) is 7.06. The number of ether oxygens (including phenoxy) is 1. The van der Waals surface area contributed by atoms with E-state index in [1.165, 1.54) is 0 Å². The number of carbonyl (C=O) groups excluding carboxylic acids is 1. The predicted octanol–water partition coefficient (Wildman–Crippen LogP) is 2.44. The third kappa shape index (κ3) is 5.85. The van der Waals surface area contributed by atoms with Gasteiger partial charge in [0.05, 0.1) is 6.54 Å². The third-order valence-electron chi connectivity index (χ3n) is 4.29. The largest absolute Gasteiger partial charge is 0.480 e. The first-order chi connectivity index (χ1) is 11.6. The normalized spacial score (nSPS) is 18.1. The summed E-state index contributed by atoms with van der Waals surface area (Å²) in [5.74, 6) is -0.507. The van der Waals surface area contributed by atoms with Crippen molar-refractivity contribution >= 4 is 12.1 Å². The van der Waals surface area contributed by atoms with Gasteiger partial charge in [-0.3, -0.25) is 9.69 Å². The molecule has 132 valence electrons. The second-order valence-corrected chi connectivity index (χ2v) is 6.22. The lowest BCUT2D eigenvalue weighted by molar-refractivity contribution is -0.138. The average molecular weight is 334 g/mol. The molecular formula is C18H26N2O4. The molecule has 0 unspecified atom stereocenters. The van der Waals surface area contributed by atoms with Gasteiger partial charge in [-0.15, -0.1) is 0 Å². The Morgan fingerprint density at radius 1 is 1.33 bits per heavy atom. The van der Waals surface area contributed by atoms with Crippen LogP contribution in [0.3, 0.4) is 0 Å². The van der Waals surface area contributed by atoms with E-state index in [1.54, 1.807) is 4.90 Å². The molecule has 1 N–H and O–H groups in total. The predicted molar refractivity (Wildman–Crippen MR) is 90.7 cm³/mol. The van der Waals surface area contributed by atoms with Crippen molar-refractivity contribution in [2.24, 2.45) is 5.92 Å². The lowest BCUT2D eigenvalue weighted by Crippen LogP contribution is -2.44. The van der Waals surface area contributed by atoms with Crippen molar-refractivity contribution in [2.75, 3.05) is 32.7 Å². The first-order valence-electron chi connectivity index (χ1n) is 8.48. The molecule has 0 radical (unpaired) electrons. The van der Waals surface area contributed by atoms with Crippen LogP contribution >= 0.6 is 0 Å². The van der Waals surface area contributed by atoms with Crippen molar-refractivity contribution < 1.29 is 19.4 Å². The van der Waals surface area contributed by atoms with Gasteiger partial charge in [0.2, 0.25) is 0 Å². The van der Waals surface area contributed by atoms with Crippen LogP contribution in [0.25, 0.3) is 0 Å². The molecule has 1 aromatic carbocycles. The van der Waals surface area contributed by atoms with Crippen LogP contribution in [0, 0.1) is 5.92 Å². The number of rotatable bonds is 7. The number of carboxylic acids is 1. The number of benzene rings is 1. The molecule has 2 rings (SSSR count). The van der Waals surface area contributed by atoms with Gasteiger partial charge < -0.3 is 14.7 Å². The highest BCUT2D eigenvalue weighted by atomic mass is 16.6. The van der Waals surface area contributed by atoms with Crippen LogP contribution < -0.4 is 0 Å². The monoisotopic (exact) mass is 334 g/mol. The highest BCUT2D eigenvalue weighted by molar-refractivity contribution is 5.69. The molecule has 1 saturated heterocycles. The van der Waals surface area contributed by atoms with Gasteiger partial charge in [0.15, 0.2) is 0 Å². The molecule has 1 amide bonds. The summed E-state index contributed by atoms with van der Waals surface area (Å²) in [4.78, 5) is 26.8. The fraction of sp³-hybridized carbons (Fsp3) is 0.556. The minimum Gasteiger partial charge on any atom is -0.480 e. The van der Waals surface area contributed by atoms with E-state index in [4.69, 9.17) is 9.84 Å². The van der Waals surface area contributed by atoms with Crippen molar-refractivity contribution in [3.63, 3.8) is 0 Å². The van der Waals surface area contributed by atoms with E-state index < -0.39 is 5.97 Å². The number of amides is 1. The van der Waals surface area contributed by atoms with Crippen molar-refractivity contribution in [1.82, 2.24) is 9.80 Å². The summed E-state index contributed by atoms with van der Waals surface area (Å²) >= 11 is 0. The van der Waals surface area contributed by atoms with Gasteiger partial charge in [0.25, 0.3) is 0 Å². The molecule has 0 aliphatic carbocycles. The molecule has 1 aliphatic rings. The maximum absolute atomic E-state index is 12.3. The minimum atomic E-state index is -0.801. The molecule has 1 aromatic rings. The summed E-state index contributed by atoms with van der Waals surface area (Å²) in [5, 5.41) is 8.92. The second-order valence-electron chi connectivity index (χ2n) is 6.22. The van der Waals surface area contributed by atoms with Crippen LogP contribution in [0.2, 0.25) is 0 Å². The van der Waals surface area contributed by atoms with E-state index in [0.717, 1.165) is 31.5 Å². The number of aliphatic carboxylic acids is 1. The quantitative estimate of drug-likeness (QED) is 0.829. The molecule has 1 aliphatic heterocycles. The Balaban J connectivity index is 1.81. The lowest BCUT2D eigenvalue weighted by atomic mass is 9.97. The van der Waals surface area contributed by atoms with Crippen LogP contribution in [0.5, 0.6) is 0 Å². The second kappa shape index (κ2) is 9.27. The van der Waals surface area contributed by atoms with E-state index in [-0.39, 0.29) is 19.2 Å². The summed E-state index contributed by atoms with van der Waals surface area (Å²) in [5.41, 5.74) is 0.965. The number of likely N-dealkylation sites (tertiary alicyclic amines) is 1. The van der Waals surface area contributed by atoms with Crippen LogP contribution in [0.4, 0.5) is 4.79 Å². The fourth-order valence-electron chi connectivity index (χ4n) is 3.09. The van der Waals surface area contributed by atoms with Crippen molar-refractivity contribution in [3.05, 3.63) is 35.9 Å². The first kappa shape index (κ1) is 18.3. The molecule has 6 heteroatoms. The van der Waals surface area contributed by atoms with E-state index >= 15 is 0 Å². The van der Waals surface area contributed by atoms with Crippen LogP contribution in [0.15, 0.2) is 30.3 Å². The Morgan fingerprint density at radius 3 is 2.75 bits per heavy atom. The SMILES string of the molecule is CCN(C[C@@H]1CCCN(CC(=O)O)C1)C(=O)OCc1ccccc1. The zero-order chi connectivity index (χ0) is 17.4. The smallest absolute Gasteiger partial charge is 0.410 e. The maximum atomic E-state index is 12.3. The number of piperidine rings is 1. The third-order valence-corrected chi connectivity index (χ3v) is 4.29. The van der Waals surface area contributed by atoms with Crippen LogP contribution in [-0.4, -0.2) is 59.7 Å². The molecule has 0 aromatic heterocycles. The Labute approximate surface area is 143 Å². The summed E-state index contributed by atoms with van der Waals surface area (Å²) in [6.45, 7) is 5.00. The number of hydrogen-bond acceptors (Lipinski definition) is 4. The molecule has 0 saturated carbocycles. The number of carbonyl (C=O) groups is 2. The maximum Gasteiger partial charge on any atom is 0.410 e. The van der Waals surface area contributed by atoms with Gasteiger partial charge >= 0.3 is 12.1 Å². The highest BCUT2D eigenvalue weighted by Crippen LogP contribution is 2.18. The van der Waals surface area contributed by atoms with Gasteiger partial charge in [0, 0.05) is 19.6 Å². The van der Waals surface area contributed by atoms with Gasteiger partial charge in [-0.25, -0.2) is 4.79 Å². The van der Waals surface area contributed by atoms with E-state index in [2.05, 4.69) is 0 Å². The summed E-state index contributed by atoms with van der Waals surface area (Å²) in [7, 11) is 0. The summed E-state index contributed by atoms with van der Waals surface area (Å²) in [6.07, 6.45) is 1.67. The van der Waals surface area contributed by atoms with Crippen LogP contribution in [-0.2, 0) is 16.1 Å². The zero-order valence-electron chi connectivity index (χ0n) is 14.2. The number of carboxylic acid groups (broad SMARTS) is 1. The zero-order valence-corrected chi connectivity index (χ0v) is 14.2. The lowest BCUT2D eigenvalue weighted by Gasteiger charge is -2.34. The molecule has 1 atom stereocenters. The van der Waals surface area contributed by atoms with E-state index in [1.807, 2.05) is 42.2 Å². The average Bonchev–Trinajstić information content (AvgIpc) is 2.58. The molecular weight excluding hydrogens is 308 g/mol. The van der Waals surface area contributed by atoms with Gasteiger partial charge in [0.1, 0.15) is 6.61 Å². The summed E-state index contributed by atoms with van der Waals surface area (Å²) < 4.78 is 5.39. The van der Waals surface area contributed by atoms with Crippen molar-refractivity contribution in [1.29, 1.82) is 0 Å².